The predicted molar refractivity (Wildman–Crippen MR) is 177 cm³/mol. The van der Waals surface area contributed by atoms with Gasteiger partial charge >= 0.3 is 0 Å². The first-order valence-electron chi connectivity index (χ1n) is 15.5. The van der Waals surface area contributed by atoms with Gasteiger partial charge in [0.15, 0.2) is 0 Å². The second-order valence-electron chi connectivity index (χ2n) is 12.1. The molecule has 0 unspecified atom stereocenters. The molecule has 41 heavy (non-hydrogen) atoms. The van der Waals surface area contributed by atoms with Crippen LogP contribution in [-0.4, -0.2) is 28.1 Å². The molecule has 0 aliphatic rings. The average Bonchev–Trinajstić information content (AvgIpc) is 2.99. The lowest BCUT2D eigenvalue weighted by Gasteiger charge is -2.43. The van der Waals surface area contributed by atoms with Crippen LogP contribution in [0.25, 0.3) is 0 Å². The van der Waals surface area contributed by atoms with Gasteiger partial charge in [0.25, 0.3) is 8.32 Å². The third-order valence-corrected chi connectivity index (χ3v) is 13.0. The van der Waals surface area contributed by atoms with E-state index in [-0.39, 0.29) is 11.1 Å². The first kappa shape index (κ1) is 32.8. The van der Waals surface area contributed by atoms with E-state index in [2.05, 4.69) is 100 Å². The highest BCUT2D eigenvalue weighted by molar-refractivity contribution is 6.99. The Morgan fingerprint density at radius 3 is 1.83 bits per heavy atom. The maximum atomic E-state index is 7.20. The molecule has 0 bridgehead atoms. The molecule has 0 N–H and O–H groups in total. The summed E-state index contributed by atoms with van der Waals surface area (Å²) in [6.07, 6.45) is 12.9. The van der Waals surface area contributed by atoms with Crippen molar-refractivity contribution in [2.45, 2.75) is 96.3 Å². The molecule has 1 atom stereocenters. The van der Waals surface area contributed by atoms with Crippen LogP contribution in [0.4, 0.5) is 0 Å². The van der Waals surface area contributed by atoms with Gasteiger partial charge in [0.2, 0.25) is 0 Å². The fourth-order valence-electron chi connectivity index (χ4n) is 5.72. The Hall–Kier alpha value is -2.66. The maximum absolute atomic E-state index is 7.20. The molecule has 0 heterocycles. The van der Waals surface area contributed by atoms with E-state index in [1.54, 1.807) is 7.11 Å². The van der Waals surface area contributed by atoms with Crippen molar-refractivity contribution in [1.29, 1.82) is 0 Å². The molecule has 0 saturated carbocycles. The largest absolute Gasteiger partial charge is 0.497 e. The molecule has 3 nitrogen and oxygen atoms in total. The van der Waals surface area contributed by atoms with Gasteiger partial charge in [-0.05, 0) is 58.8 Å². The lowest BCUT2D eigenvalue weighted by Crippen LogP contribution is -2.66. The molecule has 0 aromatic heterocycles. The van der Waals surface area contributed by atoms with Crippen LogP contribution in [0.2, 0.25) is 5.04 Å². The van der Waals surface area contributed by atoms with Crippen molar-refractivity contribution in [1.82, 2.24) is 0 Å². The third-order valence-electron chi connectivity index (χ3n) is 8.00. The fourth-order valence-corrected chi connectivity index (χ4v) is 10.3. The molecule has 3 rings (SSSR count). The monoisotopic (exact) mass is 572 g/mol. The number of rotatable bonds is 19. The van der Waals surface area contributed by atoms with E-state index in [4.69, 9.17) is 13.9 Å². The van der Waals surface area contributed by atoms with Gasteiger partial charge in [-0.2, -0.15) is 0 Å². The van der Waals surface area contributed by atoms with Gasteiger partial charge in [-0.3, -0.25) is 0 Å². The van der Waals surface area contributed by atoms with Crippen LogP contribution in [0.1, 0.15) is 84.1 Å². The fraction of sp³-hybridized carbons (Fsp3) is 0.459. The second-order valence-corrected chi connectivity index (χ2v) is 16.4. The van der Waals surface area contributed by atoms with Crippen LogP contribution in [0.15, 0.2) is 97.6 Å². The minimum absolute atomic E-state index is 0.0270. The molecule has 222 valence electrons. The Morgan fingerprint density at radius 1 is 0.732 bits per heavy atom. The second kappa shape index (κ2) is 17.3. The van der Waals surface area contributed by atoms with Gasteiger partial charge in [-0.15, -0.1) is 6.58 Å². The van der Waals surface area contributed by atoms with Crippen LogP contribution < -0.4 is 15.1 Å². The topological polar surface area (TPSA) is 27.7 Å². The van der Waals surface area contributed by atoms with Crippen molar-refractivity contribution in [2.24, 2.45) is 0 Å². The molecular weight excluding hydrogens is 520 g/mol. The predicted octanol–water partition coefficient (Wildman–Crippen LogP) is 8.85. The first-order valence-corrected chi connectivity index (χ1v) is 17.4. The van der Waals surface area contributed by atoms with Crippen LogP contribution in [0.3, 0.4) is 0 Å². The molecule has 0 saturated heterocycles. The Kier molecular flexibility index (Phi) is 13.9. The molecule has 0 amide bonds. The number of hydrogen-bond acceptors (Lipinski definition) is 3. The van der Waals surface area contributed by atoms with Gasteiger partial charge in [0, 0.05) is 6.61 Å². The Labute approximate surface area is 251 Å². The van der Waals surface area contributed by atoms with Crippen LogP contribution >= 0.6 is 0 Å². The average molecular weight is 573 g/mol. The van der Waals surface area contributed by atoms with E-state index in [0.29, 0.717) is 13.2 Å². The number of methoxy groups -OCH3 is 1. The summed E-state index contributed by atoms with van der Waals surface area (Å²) in [5, 5.41) is 2.62. The van der Waals surface area contributed by atoms with Crippen molar-refractivity contribution in [2.75, 3.05) is 13.7 Å². The van der Waals surface area contributed by atoms with E-state index >= 15 is 0 Å². The summed E-state index contributed by atoms with van der Waals surface area (Å²) in [4.78, 5) is 0. The van der Waals surface area contributed by atoms with E-state index in [1.807, 2.05) is 18.2 Å². The lowest BCUT2D eigenvalue weighted by atomic mass is 10.0. The maximum Gasteiger partial charge on any atom is 0.261 e. The minimum Gasteiger partial charge on any atom is -0.497 e. The van der Waals surface area contributed by atoms with Crippen molar-refractivity contribution in [3.8, 4) is 5.75 Å². The molecule has 3 aromatic carbocycles. The molecule has 0 spiro atoms. The molecule has 0 fully saturated rings. The molecule has 0 aliphatic carbocycles. The van der Waals surface area contributed by atoms with Crippen molar-refractivity contribution < 1.29 is 13.9 Å². The molecule has 0 radical (unpaired) electrons. The van der Waals surface area contributed by atoms with Crippen molar-refractivity contribution in [3.63, 3.8) is 0 Å². The summed E-state index contributed by atoms with van der Waals surface area (Å²) in [6, 6.07) is 30.0. The third kappa shape index (κ3) is 9.98. The summed E-state index contributed by atoms with van der Waals surface area (Å²) in [6.45, 7) is 12.1. The SMILES string of the molecule is C=CCCCCCCCC[C@H](CCO[Si](c1ccccc1)(c1ccccc1)C(C)(C)C)OCc1ccc(OC)cc1. The van der Waals surface area contributed by atoms with E-state index in [9.17, 15) is 0 Å². The number of benzene rings is 3. The number of ether oxygens (including phenoxy) is 2. The standard InChI is InChI=1S/C37H52O3Si/c1-6-7-8-9-10-11-12-15-20-34(39-31-32-25-27-33(38-5)28-26-32)29-30-40-41(37(2,3)4,35-21-16-13-17-22-35)36-23-18-14-19-24-36/h6,13-14,16-19,21-28,34H,1,7-12,15,20,29-31H2,2-5H3/t34-/m1/s1. The van der Waals surface area contributed by atoms with Gasteiger partial charge in [-0.1, -0.05) is 132 Å². The molecular formula is C37H52O3Si. The highest BCUT2D eigenvalue weighted by atomic mass is 28.4. The highest BCUT2D eigenvalue weighted by Crippen LogP contribution is 2.37. The van der Waals surface area contributed by atoms with Gasteiger partial charge < -0.3 is 13.9 Å². The number of hydrogen-bond donors (Lipinski definition) is 0. The quantitative estimate of drug-likeness (QED) is 0.0816. The lowest BCUT2D eigenvalue weighted by molar-refractivity contribution is 0.0188. The Bertz CT molecular complexity index is 1070. The molecule has 4 heteroatoms. The van der Waals surface area contributed by atoms with Crippen molar-refractivity contribution in [3.05, 3.63) is 103 Å². The zero-order valence-corrected chi connectivity index (χ0v) is 26.9. The van der Waals surface area contributed by atoms with E-state index < -0.39 is 8.32 Å². The van der Waals surface area contributed by atoms with Crippen molar-refractivity contribution >= 4 is 18.7 Å². The summed E-state index contributed by atoms with van der Waals surface area (Å²) in [5.74, 6) is 0.872. The van der Waals surface area contributed by atoms with E-state index in [1.165, 1.54) is 54.5 Å². The smallest absolute Gasteiger partial charge is 0.261 e. The minimum atomic E-state index is -2.55. The van der Waals surface area contributed by atoms with Crippen LogP contribution in [0, 0.1) is 0 Å². The normalized spacial score (nSPS) is 12.7. The molecule has 0 aliphatic heterocycles. The molecule has 3 aromatic rings. The van der Waals surface area contributed by atoms with Gasteiger partial charge in [0.05, 0.1) is 19.8 Å². The Balaban J connectivity index is 1.70. The first-order chi connectivity index (χ1) is 19.9. The van der Waals surface area contributed by atoms with Gasteiger partial charge in [-0.25, -0.2) is 0 Å². The highest BCUT2D eigenvalue weighted by Gasteiger charge is 2.50. The van der Waals surface area contributed by atoms with Crippen LogP contribution in [0.5, 0.6) is 5.75 Å². The number of allylic oxidation sites excluding steroid dienone is 1. The summed E-state index contributed by atoms with van der Waals surface area (Å²) >= 11 is 0. The van der Waals surface area contributed by atoms with Crippen LogP contribution in [-0.2, 0) is 15.8 Å². The Morgan fingerprint density at radius 2 is 1.29 bits per heavy atom. The summed E-state index contributed by atoms with van der Waals surface area (Å²) in [5.41, 5.74) is 1.17. The summed E-state index contributed by atoms with van der Waals surface area (Å²) < 4.78 is 19.1. The van der Waals surface area contributed by atoms with Gasteiger partial charge in [0.1, 0.15) is 5.75 Å². The van der Waals surface area contributed by atoms with E-state index in [0.717, 1.165) is 25.0 Å². The number of unbranched alkanes of at least 4 members (excludes halogenated alkanes) is 6. The zero-order valence-electron chi connectivity index (χ0n) is 25.9. The zero-order chi connectivity index (χ0) is 29.4. The summed E-state index contributed by atoms with van der Waals surface area (Å²) in [7, 11) is -0.849.